The van der Waals surface area contributed by atoms with Crippen molar-refractivity contribution in [3.63, 3.8) is 0 Å². The predicted octanol–water partition coefficient (Wildman–Crippen LogP) is 3.63. The standard InChI is InChI=1S/C20H22N4O5.C13H20N2O4S/c1-23-15(19(25)26)13-14-3-2-4-16(18(14)23)29-17-5-6-21-20(22-17)28-12-9-24-7-10-27-11-8-24;1-13(2,3)8-6-9(12(14)16)11(19-4)10(7-8)15-20(5,17)18/h2-6,13H,7-12H2,1H3,(H,25,26);6-7,15H,1-5H3,(H2,14,16). The molecule has 2 aromatic carbocycles. The molecule has 0 saturated carbocycles. The molecule has 3 heterocycles. The number of primary amides is 1. The Hall–Kier alpha value is -4.93. The number of carboxylic acids is 1. The first-order valence-corrected chi connectivity index (χ1v) is 17.2. The summed E-state index contributed by atoms with van der Waals surface area (Å²) in [5.74, 6) is -0.713. The molecule has 0 spiro atoms. The maximum atomic E-state index is 11.5. The maximum Gasteiger partial charge on any atom is 0.352 e. The van der Waals surface area contributed by atoms with Crippen LogP contribution in [0.2, 0.25) is 0 Å². The number of amides is 1. The zero-order valence-electron chi connectivity index (χ0n) is 28.3. The van der Waals surface area contributed by atoms with E-state index >= 15 is 0 Å². The van der Waals surface area contributed by atoms with Crippen LogP contribution in [-0.2, 0) is 27.2 Å². The van der Waals surface area contributed by atoms with E-state index in [1.54, 1.807) is 48.1 Å². The van der Waals surface area contributed by atoms with Gasteiger partial charge in [-0.15, -0.1) is 0 Å². The number of nitrogens with zero attached hydrogens (tertiary/aromatic N) is 4. The van der Waals surface area contributed by atoms with Crippen LogP contribution in [0.1, 0.15) is 47.2 Å². The Bertz CT molecular complexity index is 1920. The molecule has 0 aliphatic carbocycles. The SMILES string of the molecule is COc1c(NS(C)(=O)=O)cc(C(C)(C)C)cc1C(N)=O.Cn1c(C(=O)O)cc2cccc(Oc3ccnc(OCCN4CCOCC4)n3)c21. The zero-order chi connectivity index (χ0) is 35.9. The number of carbonyl (C=O) groups excluding carboxylic acids is 1. The van der Waals surface area contributed by atoms with Gasteiger partial charge in [0.1, 0.15) is 12.3 Å². The average Bonchev–Trinajstić information content (AvgIpc) is 3.38. The number of methoxy groups -OCH3 is 1. The van der Waals surface area contributed by atoms with Crippen LogP contribution in [0.3, 0.4) is 0 Å². The quantitative estimate of drug-likeness (QED) is 0.206. The molecular weight excluding hydrogens is 656 g/mol. The highest BCUT2D eigenvalue weighted by Gasteiger charge is 2.23. The van der Waals surface area contributed by atoms with Crippen LogP contribution in [0.15, 0.2) is 48.7 Å². The van der Waals surface area contributed by atoms with Gasteiger partial charge in [-0.25, -0.2) is 18.2 Å². The van der Waals surface area contributed by atoms with E-state index in [0.717, 1.165) is 50.1 Å². The van der Waals surface area contributed by atoms with E-state index in [1.165, 1.54) is 7.11 Å². The lowest BCUT2D eigenvalue weighted by atomic mass is 9.85. The summed E-state index contributed by atoms with van der Waals surface area (Å²) in [6, 6.07) is 12.2. The number of nitrogens with two attached hydrogens (primary N) is 1. The summed E-state index contributed by atoms with van der Waals surface area (Å²) < 4.78 is 48.8. The smallest absolute Gasteiger partial charge is 0.352 e. The van der Waals surface area contributed by atoms with Crippen molar-refractivity contribution in [1.82, 2.24) is 19.4 Å². The lowest BCUT2D eigenvalue weighted by Gasteiger charge is -2.26. The van der Waals surface area contributed by atoms with Crippen molar-refractivity contribution in [2.24, 2.45) is 12.8 Å². The second kappa shape index (κ2) is 15.5. The van der Waals surface area contributed by atoms with Crippen LogP contribution < -0.4 is 24.7 Å². The predicted molar refractivity (Wildman–Crippen MR) is 183 cm³/mol. The molecule has 0 bridgehead atoms. The average molecular weight is 699 g/mol. The van der Waals surface area contributed by atoms with Crippen molar-refractivity contribution in [3.8, 4) is 23.4 Å². The molecule has 4 aromatic rings. The lowest BCUT2D eigenvalue weighted by molar-refractivity contribution is 0.0317. The number of nitrogens with one attached hydrogen (secondary N) is 1. The van der Waals surface area contributed by atoms with Gasteiger partial charge in [0.2, 0.25) is 15.9 Å². The lowest BCUT2D eigenvalue weighted by Crippen LogP contribution is -2.38. The number of morpholine rings is 1. The van der Waals surface area contributed by atoms with Crippen LogP contribution in [0.25, 0.3) is 10.9 Å². The molecule has 0 unspecified atom stereocenters. The topological polar surface area (TPSA) is 197 Å². The third-order valence-corrected chi connectivity index (χ3v) is 8.11. The van der Waals surface area contributed by atoms with Gasteiger partial charge in [-0.1, -0.05) is 32.9 Å². The van der Waals surface area contributed by atoms with E-state index in [4.69, 9.17) is 24.7 Å². The summed E-state index contributed by atoms with van der Waals surface area (Å²) in [6.07, 6.45) is 2.60. The van der Waals surface area contributed by atoms with Gasteiger partial charge in [0, 0.05) is 44.3 Å². The van der Waals surface area contributed by atoms with Crippen LogP contribution in [0.4, 0.5) is 5.69 Å². The number of para-hydroxylation sites is 1. The van der Waals surface area contributed by atoms with Crippen LogP contribution >= 0.6 is 0 Å². The van der Waals surface area contributed by atoms with Crippen molar-refractivity contribution >= 4 is 38.5 Å². The molecular formula is C33H42N6O9S. The molecule has 16 heteroatoms. The molecule has 264 valence electrons. The summed E-state index contributed by atoms with van der Waals surface area (Å²) in [5.41, 5.74) is 7.06. The van der Waals surface area contributed by atoms with Gasteiger partial charge < -0.3 is 34.4 Å². The molecule has 1 saturated heterocycles. The fourth-order valence-corrected chi connectivity index (χ4v) is 5.61. The largest absolute Gasteiger partial charge is 0.494 e. The highest BCUT2D eigenvalue weighted by atomic mass is 32.2. The first-order chi connectivity index (χ1) is 23.1. The molecule has 4 N–H and O–H groups in total. The number of sulfonamides is 1. The first kappa shape index (κ1) is 36.9. The van der Waals surface area contributed by atoms with E-state index in [1.807, 2.05) is 32.9 Å². The zero-order valence-corrected chi connectivity index (χ0v) is 29.2. The first-order valence-electron chi connectivity index (χ1n) is 15.3. The van der Waals surface area contributed by atoms with Crippen molar-refractivity contribution in [3.05, 3.63) is 65.5 Å². The summed E-state index contributed by atoms with van der Waals surface area (Å²) in [4.78, 5) is 33.7. The molecule has 2 aromatic heterocycles. The number of aromatic nitrogens is 3. The minimum Gasteiger partial charge on any atom is -0.494 e. The second-order valence-corrected chi connectivity index (χ2v) is 14.0. The van der Waals surface area contributed by atoms with E-state index in [9.17, 15) is 23.1 Å². The van der Waals surface area contributed by atoms with E-state index in [-0.39, 0.29) is 34.1 Å². The number of carbonyl (C=O) groups is 2. The van der Waals surface area contributed by atoms with E-state index < -0.39 is 21.9 Å². The van der Waals surface area contributed by atoms with Crippen LogP contribution in [0, 0.1) is 0 Å². The summed E-state index contributed by atoms with van der Waals surface area (Å²) in [5, 5.41) is 10.1. The Kier molecular flexibility index (Phi) is 11.7. The molecule has 1 fully saturated rings. The highest BCUT2D eigenvalue weighted by Crippen LogP contribution is 2.36. The van der Waals surface area contributed by atoms with Gasteiger partial charge >= 0.3 is 12.0 Å². The monoisotopic (exact) mass is 698 g/mol. The Morgan fingerprint density at radius 2 is 1.84 bits per heavy atom. The molecule has 1 amide bonds. The molecule has 15 nitrogen and oxygen atoms in total. The van der Waals surface area contributed by atoms with Crippen molar-refractivity contribution in [2.45, 2.75) is 26.2 Å². The fourth-order valence-electron chi connectivity index (χ4n) is 5.06. The van der Waals surface area contributed by atoms with Gasteiger partial charge in [0.25, 0.3) is 5.91 Å². The Labute approximate surface area is 285 Å². The number of hydrogen-bond donors (Lipinski definition) is 3. The van der Waals surface area contributed by atoms with Gasteiger partial charge in [0.05, 0.1) is 43.3 Å². The molecule has 1 aliphatic heterocycles. The van der Waals surface area contributed by atoms with Crippen LogP contribution in [0.5, 0.6) is 23.4 Å². The number of hydrogen-bond acceptors (Lipinski definition) is 11. The number of rotatable bonds is 11. The van der Waals surface area contributed by atoms with Crippen molar-refractivity contribution in [2.75, 3.05) is 57.5 Å². The minimum absolute atomic E-state index is 0.121. The normalized spacial score (nSPS) is 13.7. The van der Waals surface area contributed by atoms with Crippen molar-refractivity contribution in [1.29, 1.82) is 0 Å². The van der Waals surface area contributed by atoms with Gasteiger partial charge in [-0.05, 0) is 35.2 Å². The minimum atomic E-state index is -3.50. The molecule has 0 atom stereocenters. The van der Waals surface area contributed by atoms with Gasteiger partial charge in [-0.3, -0.25) is 14.4 Å². The third kappa shape index (κ3) is 9.81. The Balaban J connectivity index is 0.000000238. The number of benzene rings is 2. The number of aryl methyl sites for hydroxylation is 1. The van der Waals surface area contributed by atoms with Gasteiger partial charge in [-0.2, -0.15) is 4.98 Å². The van der Waals surface area contributed by atoms with Crippen LogP contribution in [-0.4, -0.2) is 97.7 Å². The number of aromatic carboxylic acids is 1. The number of ether oxygens (including phenoxy) is 4. The fraction of sp³-hybridized carbons (Fsp3) is 0.394. The molecule has 49 heavy (non-hydrogen) atoms. The molecule has 1 aliphatic rings. The van der Waals surface area contributed by atoms with Crippen molar-refractivity contribution < 1.29 is 42.1 Å². The summed E-state index contributed by atoms with van der Waals surface area (Å²) >= 11 is 0. The number of fused-ring (bicyclic) bond motifs is 1. The number of anilines is 1. The number of carboxylic acid groups (broad SMARTS) is 1. The summed E-state index contributed by atoms with van der Waals surface area (Å²) in [7, 11) is -0.450. The van der Waals surface area contributed by atoms with E-state index in [2.05, 4.69) is 19.6 Å². The highest BCUT2D eigenvalue weighted by molar-refractivity contribution is 7.92. The Morgan fingerprint density at radius 3 is 2.45 bits per heavy atom. The molecule has 0 radical (unpaired) electrons. The Morgan fingerprint density at radius 1 is 1.12 bits per heavy atom. The summed E-state index contributed by atoms with van der Waals surface area (Å²) in [6.45, 7) is 10.4. The third-order valence-electron chi connectivity index (χ3n) is 7.52. The second-order valence-electron chi connectivity index (χ2n) is 12.3. The van der Waals surface area contributed by atoms with Gasteiger partial charge in [0.15, 0.2) is 11.5 Å². The molecule has 5 rings (SSSR count). The van der Waals surface area contributed by atoms with E-state index in [0.29, 0.717) is 23.8 Å². The maximum absolute atomic E-state index is 11.5.